The highest BCUT2D eigenvalue weighted by Crippen LogP contribution is 2.22. The molecule has 1 aromatic heterocycles. The Bertz CT molecular complexity index is 976. The van der Waals surface area contributed by atoms with Crippen LogP contribution in [0.3, 0.4) is 0 Å². The van der Waals surface area contributed by atoms with Crippen molar-refractivity contribution in [2.24, 2.45) is 0 Å². The summed E-state index contributed by atoms with van der Waals surface area (Å²) in [5, 5.41) is 2.73. The van der Waals surface area contributed by atoms with Crippen molar-refractivity contribution < 1.29 is 27.4 Å². The zero-order valence-corrected chi connectivity index (χ0v) is 16.7. The molecule has 0 spiro atoms. The molecule has 0 saturated carbocycles. The number of amides is 1. The summed E-state index contributed by atoms with van der Waals surface area (Å²) in [7, 11) is 0. The molecule has 162 valence electrons. The van der Waals surface area contributed by atoms with Crippen molar-refractivity contribution in [1.29, 1.82) is 0 Å². The summed E-state index contributed by atoms with van der Waals surface area (Å²) < 4.78 is 46.7. The van der Waals surface area contributed by atoms with E-state index < -0.39 is 18.8 Å². The molecule has 1 heterocycles. The van der Waals surface area contributed by atoms with Crippen LogP contribution in [0.15, 0.2) is 72.9 Å². The molecule has 2 aromatic carbocycles. The number of carbonyl (C=O) groups is 1. The fourth-order valence-corrected chi connectivity index (χ4v) is 2.78. The maximum absolute atomic E-state index is 12.2. The summed E-state index contributed by atoms with van der Waals surface area (Å²) in [5.74, 6) is 0.215. The van der Waals surface area contributed by atoms with Crippen molar-refractivity contribution in [1.82, 2.24) is 10.3 Å². The maximum Gasteiger partial charge on any atom is 0.422 e. The minimum atomic E-state index is -4.41. The molecule has 0 aliphatic rings. The second-order valence-corrected chi connectivity index (χ2v) is 6.79. The third-order valence-corrected chi connectivity index (χ3v) is 4.31. The van der Waals surface area contributed by atoms with Gasteiger partial charge in [-0.25, -0.2) is 0 Å². The SMILES string of the molecule is C[C@@H](NC(=O)COc1ccc(-c2ccccc2)cc1)c1ccc(OCC(F)(F)F)cn1. The number of alkyl halides is 3. The van der Waals surface area contributed by atoms with E-state index in [0.29, 0.717) is 11.4 Å². The van der Waals surface area contributed by atoms with Gasteiger partial charge in [-0.3, -0.25) is 9.78 Å². The number of ether oxygens (including phenoxy) is 2. The van der Waals surface area contributed by atoms with Crippen LogP contribution in [0.25, 0.3) is 11.1 Å². The average molecular weight is 430 g/mol. The first-order chi connectivity index (χ1) is 14.8. The van der Waals surface area contributed by atoms with Crippen molar-refractivity contribution in [3.05, 3.63) is 78.6 Å². The molecule has 3 aromatic rings. The van der Waals surface area contributed by atoms with Gasteiger partial charge >= 0.3 is 6.18 Å². The van der Waals surface area contributed by atoms with Crippen LogP contribution in [0, 0.1) is 0 Å². The number of pyridine rings is 1. The minimum absolute atomic E-state index is 0.00174. The maximum atomic E-state index is 12.2. The van der Waals surface area contributed by atoms with E-state index in [9.17, 15) is 18.0 Å². The van der Waals surface area contributed by atoms with E-state index in [0.717, 1.165) is 11.1 Å². The number of nitrogens with zero attached hydrogens (tertiary/aromatic N) is 1. The molecule has 31 heavy (non-hydrogen) atoms. The minimum Gasteiger partial charge on any atom is -0.484 e. The Morgan fingerprint density at radius 2 is 1.58 bits per heavy atom. The van der Waals surface area contributed by atoms with E-state index in [-0.39, 0.29) is 18.3 Å². The van der Waals surface area contributed by atoms with Crippen LogP contribution in [-0.4, -0.2) is 30.3 Å². The van der Waals surface area contributed by atoms with Crippen LogP contribution in [0.2, 0.25) is 0 Å². The molecular formula is C23H21F3N2O3. The lowest BCUT2D eigenvalue weighted by atomic mass is 10.1. The first kappa shape index (κ1) is 22.1. The molecule has 0 bridgehead atoms. The fourth-order valence-electron chi connectivity index (χ4n) is 2.78. The van der Waals surface area contributed by atoms with E-state index in [1.54, 1.807) is 19.1 Å². The van der Waals surface area contributed by atoms with Gasteiger partial charge < -0.3 is 14.8 Å². The number of benzene rings is 2. The fraction of sp³-hybridized carbons (Fsp3) is 0.217. The smallest absolute Gasteiger partial charge is 0.422 e. The highest BCUT2D eigenvalue weighted by molar-refractivity contribution is 5.78. The second-order valence-electron chi connectivity index (χ2n) is 6.79. The van der Waals surface area contributed by atoms with E-state index >= 15 is 0 Å². The van der Waals surface area contributed by atoms with Gasteiger partial charge in [-0.2, -0.15) is 13.2 Å². The zero-order valence-electron chi connectivity index (χ0n) is 16.7. The molecule has 8 heteroatoms. The number of carbonyl (C=O) groups excluding carboxylic acids is 1. The van der Waals surface area contributed by atoms with Crippen LogP contribution in [0.5, 0.6) is 11.5 Å². The summed E-state index contributed by atoms with van der Waals surface area (Å²) >= 11 is 0. The summed E-state index contributed by atoms with van der Waals surface area (Å²) in [4.78, 5) is 16.2. The van der Waals surface area contributed by atoms with Crippen molar-refractivity contribution in [2.45, 2.75) is 19.1 Å². The van der Waals surface area contributed by atoms with Crippen molar-refractivity contribution in [3.63, 3.8) is 0 Å². The normalized spacial score (nSPS) is 12.1. The summed E-state index contributed by atoms with van der Waals surface area (Å²) in [6.07, 6.45) is -3.23. The van der Waals surface area contributed by atoms with Crippen molar-refractivity contribution in [3.8, 4) is 22.6 Å². The Labute approximate surface area is 177 Å². The number of aromatic nitrogens is 1. The Hall–Kier alpha value is -3.55. The van der Waals surface area contributed by atoms with Crippen LogP contribution in [0.4, 0.5) is 13.2 Å². The summed E-state index contributed by atoms with van der Waals surface area (Å²) in [6, 6.07) is 19.7. The van der Waals surface area contributed by atoms with Crippen LogP contribution in [0.1, 0.15) is 18.7 Å². The molecule has 0 radical (unpaired) electrons. The predicted molar refractivity (Wildman–Crippen MR) is 110 cm³/mol. The van der Waals surface area contributed by atoms with Gasteiger partial charge in [0.2, 0.25) is 0 Å². The topological polar surface area (TPSA) is 60.5 Å². The van der Waals surface area contributed by atoms with E-state index in [1.807, 2.05) is 42.5 Å². The first-order valence-electron chi connectivity index (χ1n) is 9.53. The van der Waals surface area contributed by atoms with Gasteiger partial charge in [-0.05, 0) is 42.3 Å². The Morgan fingerprint density at radius 1 is 0.935 bits per heavy atom. The predicted octanol–water partition coefficient (Wildman–Crippen LogP) is 4.95. The zero-order chi connectivity index (χ0) is 22.3. The van der Waals surface area contributed by atoms with Crippen LogP contribution in [-0.2, 0) is 4.79 Å². The lowest BCUT2D eigenvalue weighted by molar-refractivity contribution is -0.153. The van der Waals surface area contributed by atoms with Gasteiger partial charge in [0, 0.05) is 0 Å². The Kier molecular flexibility index (Phi) is 7.12. The number of hydrogen-bond donors (Lipinski definition) is 1. The van der Waals surface area contributed by atoms with Gasteiger partial charge in [0.15, 0.2) is 13.2 Å². The van der Waals surface area contributed by atoms with Gasteiger partial charge in [0.1, 0.15) is 11.5 Å². The van der Waals surface area contributed by atoms with Gasteiger partial charge in [-0.15, -0.1) is 0 Å². The molecule has 0 aliphatic heterocycles. The quantitative estimate of drug-likeness (QED) is 0.550. The monoisotopic (exact) mass is 430 g/mol. The Balaban J connectivity index is 1.47. The summed E-state index contributed by atoms with van der Waals surface area (Å²) in [6.45, 7) is 0.150. The third kappa shape index (κ3) is 7.02. The molecule has 3 rings (SSSR count). The van der Waals surface area contributed by atoms with Crippen molar-refractivity contribution in [2.75, 3.05) is 13.2 Å². The highest BCUT2D eigenvalue weighted by atomic mass is 19.4. The summed E-state index contributed by atoms with van der Waals surface area (Å²) in [5.41, 5.74) is 2.61. The molecule has 0 unspecified atom stereocenters. The van der Waals surface area contributed by atoms with E-state index in [2.05, 4.69) is 15.0 Å². The number of rotatable bonds is 8. The molecule has 0 aliphatic carbocycles. The molecule has 0 saturated heterocycles. The van der Waals surface area contributed by atoms with E-state index in [1.165, 1.54) is 18.3 Å². The van der Waals surface area contributed by atoms with E-state index in [4.69, 9.17) is 4.74 Å². The largest absolute Gasteiger partial charge is 0.484 e. The van der Waals surface area contributed by atoms with Gasteiger partial charge in [-0.1, -0.05) is 42.5 Å². The molecule has 0 fully saturated rings. The standard InChI is InChI=1S/C23H21F3N2O3/c1-16(21-12-11-20(13-27-21)31-15-23(24,25)26)28-22(29)14-30-19-9-7-18(8-10-19)17-5-3-2-4-6-17/h2-13,16H,14-15H2,1H3,(H,28,29)/t16-/m1/s1. The third-order valence-electron chi connectivity index (χ3n) is 4.31. The molecular weight excluding hydrogens is 409 g/mol. The lowest BCUT2D eigenvalue weighted by Crippen LogP contribution is -2.31. The number of halogens is 3. The first-order valence-corrected chi connectivity index (χ1v) is 9.53. The average Bonchev–Trinajstić information content (AvgIpc) is 2.77. The van der Waals surface area contributed by atoms with Gasteiger partial charge in [0.25, 0.3) is 5.91 Å². The molecule has 5 nitrogen and oxygen atoms in total. The number of nitrogens with one attached hydrogen (secondary N) is 1. The second kappa shape index (κ2) is 9.97. The Morgan fingerprint density at radius 3 is 2.19 bits per heavy atom. The van der Waals surface area contributed by atoms with Gasteiger partial charge in [0.05, 0.1) is 17.9 Å². The molecule has 1 N–H and O–H groups in total. The van der Waals surface area contributed by atoms with Crippen molar-refractivity contribution >= 4 is 5.91 Å². The lowest BCUT2D eigenvalue weighted by Gasteiger charge is -2.15. The molecule has 1 amide bonds. The van der Waals surface area contributed by atoms with Crippen LogP contribution >= 0.6 is 0 Å². The highest BCUT2D eigenvalue weighted by Gasteiger charge is 2.28. The number of hydrogen-bond acceptors (Lipinski definition) is 4. The van der Waals surface area contributed by atoms with Crippen LogP contribution < -0.4 is 14.8 Å². The molecule has 1 atom stereocenters.